The lowest BCUT2D eigenvalue weighted by Gasteiger charge is -2.32. The number of carbonyl (C=O) groups is 1. The van der Waals surface area contributed by atoms with E-state index in [-0.39, 0.29) is 30.7 Å². The second-order valence-electron chi connectivity index (χ2n) is 6.58. The van der Waals surface area contributed by atoms with E-state index in [1.165, 1.54) is 0 Å². The Morgan fingerprint density at radius 2 is 2.00 bits per heavy atom. The SMILES string of the molecule is Cc1ccn2cc(C(=O)N3CCC(N4CCNCC4)C3)nc2c1.Cl.Cl. The minimum Gasteiger partial charge on any atom is -0.336 e. The summed E-state index contributed by atoms with van der Waals surface area (Å²) in [6.07, 6.45) is 4.87. The number of hydrogen-bond acceptors (Lipinski definition) is 4. The molecule has 2 saturated heterocycles. The highest BCUT2D eigenvalue weighted by atomic mass is 35.5. The van der Waals surface area contributed by atoms with Crippen LogP contribution < -0.4 is 5.32 Å². The van der Waals surface area contributed by atoms with Crippen LogP contribution in [0, 0.1) is 6.92 Å². The van der Waals surface area contributed by atoms with E-state index >= 15 is 0 Å². The number of nitrogens with one attached hydrogen (secondary N) is 1. The van der Waals surface area contributed by atoms with Gasteiger partial charge in [-0.15, -0.1) is 24.8 Å². The molecule has 0 spiro atoms. The average Bonchev–Trinajstić information content (AvgIpc) is 3.21. The molecule has 0 aliphatic carbocycles. The number of aromatic nitrogens is 2. The zero-order valence-corrected chi connectivity index (χ0v) is 16.0. The van der Waals surface area contributed by atoms with Crippen molar-refractivity contribution in [1.29, 1.82) is 0 Å². The van der Waals surface area contributed by atoms with Crippen LogP contribution in [-0.2, 0) is 0 Å². The van der Waals surface area contributed by atoms with Gasteiger partial charge in [-0.2, -0.15) is 0 Å². The Morgan fingerprint density at radius 1 is 1.24 bits per heavy atom. The highest BCUT2D eigenvalue weighted by Crippen LogP contribution is 2.19. The van der Waals surface area contributed by atoms with E-state index in [4.69, 9.17) is 0 Å². The zero-order valence-electron chi connectivity index (χ0n) is 14.4. The minimum atomic E-state index is 0. The molecular weight excluding hydrogens is 361 g/mol. The maximum Gasteiger partial charge on any atom is 0.274 e. The summed E-state index contributed by atoms with van der Waals surface area (Å²) >= 11 is 0. The first-order valence-electron chi connectivity index (χ1n) is 8.40. The van der Waals surface area contributed by atoms with Crippen molar-refractivity contribution in [3.8, 4) is 0 Å². The number of halogens is 2. The summed E-state index contributed by atoms with van der Waals surface area (Å²) in [6.45, 7) is 7.97. The molecule has 6 nitrogen and oxygen atoms in total. The number of imidazole rings is 1. The lowest BCUT2D eigenvalue weighted by Crippen LogP contribution is -2.49. The molecule has 4 rings (SSSR count). The predicted octanol–water partition coefficient (Wildman–Crippen LogP) is 1.61. The zero-order chi connectivity index (χ0) is 15.8. The van der Waals surface area contributed by atoms with Gasteiger partial charge in [0.25, 0.3) is 5.91 Å². The highest BCUT2D eigenvalue weighted by Gasteiger charge is 2.32. The van der Waals surface area contributed by atoms with E-state index in [2.05, 4.69) is 15.2 Å². The number of fused-ring (bicyclic) bond motifs is 1. The Kier molecular flexibility index (Phi) is 6.68. The van der Waals surface area contributed by atoms with E-state index in [1.807, 2.05) is 40.8 Å². The molecule has 0 saturated carbocycles. The fourth-order valence-electron chi connectivity index (χ4n) is 3.62. The van der Waals surface area contributed by atoms with Crippen LogP contribution in [0.15, 0.2) is 24.5 Å². The molecule has 2 aromatic heterocycles. The Hall–Kier alpha value is -1.34. The molecule has 2 fully saturated rings. The molecular formula is C17H25Cl2N5O. The van der Waals surface area contributed by atoms with Gasteiger partial charge in [0.05, 0.1) is 0 Å². The third-order valence-electron chi connectivity index (χ3n) is 4.95. The number of likely N-dealkylation sites (tertiary alicyclic amines) is 1. The molecule has 1 N–H and O–H groups in total. The van der Waals surface area contributed by atoms with Gasteiger partial charge in [-0.05, 0) is 31.0 Å². The summed E-state index contributed by atoms with van der Waals surface area (Å²) in [6, 6.07) is 4.53. The molecule has 1 atom stereocenters. The summed E-state index contributed by atoms with van der Waals surface area (Å²) < 4.78 is 1.92. The predicted molar refractivity (Wildman–Crippen MR) is 103 cm³/mol. The molecule has 4 heterocycles. The summed E-state index contributed by atoms with van der Waals surface area (Å²) in [5.74, 6) is 0.0592. The van der Waals surface area contributed by atoms with Gasteiger partial charge in [0.15, 0.2) is 0 Å². The number of nitrogens with zero attached hydrogens (tertiary/aromatic N) is 4. The smallest absolute Gasteiger partial charge is 0.274 e. The molecule has 0 radical (unpaired) electrons. The Bertz CT molecular complexity index is 729. The van der Waals surface area contributed by atoms with Crippen LogP contribution in [0.1, 0.15) is 22.5 Å². The van der Waals surface area contributed by atoms with Crippen molar-refractivity contribution in [2.24, 2.45) is 0 Å². The quantitative estimate of drug-likeness (QED) is 0.852. The first kappa shape index (κ1) is 20.0. The number of piperazine rings is 1. The first-order valence-corrected chi connectivity index (χ1v) is 8.40. The van der Waals surface area contributed by atoms with Crippen molar-refractivity contribution in [1.82, 2.24) is 24.5 Å². The molecule has 2 aromatic rings. The van der Waals surface area contributed by atoms with Crippen molar-refractivity contribution >= 4 is 36.4 Å². The van der Waals surface area contributed by atoms with E-state index in [1.54, 1.807) is 0 Å². The van der Waals surface area contributed by atoms with Crippen LogP contribution in [0.25, 0.3) is 5.65 Å². The molecule has 0 aromatic carbocycles. The number of hydrogen-bond donors (Lipinski definition) is 1. The molecule has 8 heteroatoms. The van der Waals surface area contributed by atoms with Crippen molar-refractivity contribution in [2.45, 2.75) is 19.4 Å². The van der Waals surface area contributed by atoms with Gasteiger partial charge in [-0.1, -0.05) is 0 Å². The van der Waals surface area contributed by atoms with E-state index in [9.17, 15) is 4.79 Å². The lowest BCUT2D eigenvalue weighted by molar-refractivity contribution is 0.0768. The average molecular weight is 386 g/mol. The monoisotopic (exact) mass is 385 g/mol. The van der Waals surface area contributed by atoms with Crippen LogP contribution in [0.5, 0.6) is 0 Å². The molecule has 1 unspecified atom stereocenters. The molecule has 138 valence electrons. The summed E-state index contributed by atoms with van der Waals surface area (Å²) in [5, 5.41) is 3.38. The van der Waals surface area contributed by atoms with Crippen LogP contribution in [0.4, 0.5) is 0 Å². The van der Waals surface area contributed by atoms with Gasteiger partial charge < -0.3 is 14.6 Å². The van der Waals surface area contributed by atoms with Crippen molar-refractivity contribution in [3.05, 3.63) is 35.8 Å². The molecule has 1 amide bonds. The first-order chi connectivity index (χ1) is 11.2. The maximum atomic E-state index is 12.7. The standard InChI is InChI=1S/C17H23N5O.2ClH/c1-13-2-6-21-12-15(19-16(21)10-13)17(23)22-7-3-14(11-22)20-8-4-18-5-9-20;;/h2,6,10,12,14,18H,3-5,7-9,11H2,1H3;2*1H. The van der Waals surface area contributed by atoms with Gasteiger partial charge in [-0.25, -0.2) is 4.98 Å². The van der Waals surface area contributed by atoms with Gasteiger partial charge in [0.1, 0.15) is 11.3 Å². The minimum absolute atomic E-state index is 0. The van der Waals surface area contributed by atoms with Gasteiger partial charge in [0, 0.05) is 57.7 Å². The summed E-state index contributed by atoms with van der Waals surface area (Å²) in [5.41, 5.74) is 2.55. The van der Waals surface area contributed by atoms with Gasteiger partial charge >= 0.3 is 0 Å². The Balaban J connectivity index is 0.00000113. The molecule has 2 aliphatic heterocycles. The fourth-order valence-corrected chi connectivity index (χ4v) is 3.62. The Labute approximate surface area is 160 Å². The lowest BCUT2D eigenvalue weighted by atomic mass is 10.2. The van der Waals surface area contributed by atoms with Gasteiger partial charge in [-0.3, -0.25) is 9.69 Å². The number of amides is 1. The number of aryl methyl sites for hydroxylation is 1. The maximum absolute atomic E-state index is 12.7. The highest BCUT2D eigenvalue weighted by molar-refractivity contribution is 5.93. The third kappa shape index (κ3) is 4.08. The topological polar surface area (TPSA) is 52.9 Å². The second kappa shape index (κ2) is 8.36. The van der Waals surface area contributed by atoms with Gasteiger partial charge in [0.2, 0.25) is 0 Å². The molecule has 0 bridgehead atoms. The van der Waals surface area contributed by atoms with Crippen LogP contribution >= 0.6 is 24.8 Å². The second-order valence-corrected chi connectivity index (χ2v) is 6.58. The van der Waals surface area contributed by atoms with Crippen molar-refractivity contribution in [2.75, 3.05) is 39.3 Å². The van der Waals surface area contributed by atoms with E-state index in [0.717, 1.165) is 56.9 Å². The largest absolute Gasteiger partial charge is 0.336 e. The van der Waals surface area contributed by atoms with Crippen LogP contribution in [0.2, 0.25) is 0 Å². The van der Waals surface area contributed by atoms with E-state index in [0.29, 0.717) is 11.7 Å². The van der Waals surface area contributed by atoms with Crippen LogP contribution in [-0.4, -0.2) is 70.4 Å². The van der Waals surface area contributed by atoms with E-state index < -0.39 is 0 Å². The normalized spacial score (nSPS) is 21.0. The summed E-state index contributed by atoms with van der Waals surface area (Å²) in [4.78, 5) is 21.7. The fraction of sp³-hybridized carbons (Fsp3) is 0.529. The third-order valence-corrected chi connectivity index (χ3v) is 4.95. The number of pyridine rings is 1. The van der Waals surface area contributed by atoms with Crippen molar-refractivity contribution < 1.29 is 4.79 Å². The van der Waals surface area contributed by atoms with Crippen LogP contribution in [0.3, 0.4) is 0 Å². The molecule has 25 heavy (non-hydrogen) atoms. The van der Waals surface area contributed by atoms with Crippen molar-refractivity contribution in [3.63, 3.8) is 0 Å². The number of rotatable bonds is 2. The summed E-state index contributed by atoms with van der Waals surface area (Å²) in [7, 11) is 0. The Morgan fingerprint density at radius 3 is 2.76 bits per heavy atom. The number of carbonyl (C=O) groups excluding carboxylic acids is 1. The molecule has 2 aliphatic rings.